The van der Waals surface area contributed by atoms with Gasteiger partial charge in [0.2, 0.25) is 0 Å². The largest absolute Gasteiger partial charge is 0.468 e. The topological polar surface area (TPSA) is 76.5 Å². The number of piperidine rings is 1. The minimum absolute atomic E-state index is 0.0833. The molecule has 1 aliphatic rings. The summed E-state index contributed by atoms with van der Waals surface area (Å²) in [4.78, 5) is 26.2. The van der Waals surface area contributed by atoms with E-state index in [9.17, 15) is 9.59 Å². The first-order valence-corrected chi connectivity index (χ1v) is 9.33. The summed E-state index contributed by atoms with van der Waals surface area (Å²) < 4.78 is 6.61. The van der Waals surface area contributed by atoms with Crippen molar-refractivity contribution >= 4 is 11.9 Å². The molecule has 1 saturated heterocycles. The van der Waals surface area contributed by atoms with Crippen molar-refractivity contribution in [2.24, 2.45) is 0 Å². The summed E-state index contributed by atoms with van der Waals surface area (Å²) in [5.41, 5.74) is 1.47. The van der Waals surface area contributed by atoms with Crippen LogP contribution in [0.4, 0.5) is 0 Å². The first-order valence-electron chi connectivity index (χ1n) is 9.33. The number of nitrogens with one attached hydrogen (secondary N) is 1. The van der Waals surface area contributed by atoms with Crippen molar-refractivity contribution in [1.82, 2.24) is 20.0 Å². The molecular weight excluding hydrogens is 344 g/mol. The molecule has 1 amide bonds. The van der Waals surface area contributed by atoms with Crippen LogP contribution in [-0.4, -0.2) is 59.8 Å². The van der Waals surface area contributed by atoms with Gasteiger partial charge in [0.05, 0.1) is 13.2 Å². The number of hydrogen-bond acceptors (Lipinski definition) is 5. The van der Waals surface area contributed by atoms with Gasteiger partial charge in [-0.2, -0.15) is 5.10 Å². The number of esters is 1. The van der Waals surface area contributed by atoms with Crippen molar-refractivity contribution in [1.29, 1.82) is 0 Å². The van der Waals surface area contributed by atoms with Gasteiger partial charge in [-0.1, -0.05) is 30.3 Å². The van der Waals surface area contributed by atoms with Gasteiger partial charge >= 0.3 is 5.97 Å². The molecule has 1 unspecified atom stereocenters. The normalized spacial score (nSPS) is 16.7. The quantitative estimate of drug-likeness (QED) is 0.750. The fourth-order valence-electron chi connectivity index (χ4n) is 3.26. The Hall–Kier alpha value is -2.67. The van der Waals surface area contributed by atoms with E-state index in [0.29, 0.717) is 18.7 Å². The predicted octanol–water partition coefficient (Wildman–Crippen LogP) is 1.67. The Labute approximate surface area is 159 Å². The van der Waals surface area contributed by atoms with Gasteiger partial charge < -0.3 is 15.0 Å². The average molecular weight is 370 g/mol. The van der Waals surface area contributed by atoms with Gasteiger partial charge in [0.1, 0.15) is 12.2 Å². The number of ether oxygens (including phenoxy) is 1. The maximum atomic E-state index is 12.9. The first-order chi connectivity index (χ1) is 13.2. The molecule has 2 aromatic rings. The fraction of sp³-hybridized carbons (Fsp3) is 0.450. The Balaban J connectivity index is 1.69. The van der Waals surface area contributed by atoms with Crippen molar-refractivity contribution in [3.63, 3.8) is 0 Å². The molecule has 0 bridgehead atoms. The highest BCUT2D eigenvalue weighted by Crippen LogP contribution is 2.16. The van der Waals surface area contributed by atoms with Crippen LogP contribution in [0, 0.1) is 0 Å². The molecule has 1 N–H and O–H groups in total. The Kier molecular flexibility index (Phi) is 6.59. The number of amides is 1. The second-order valence-electron chi connectivity index (χ2n) is 6.72. The zero-order chi connectivity index (χ0) is 19.1. The molecular formula is C20H26N4O3. The van der Waals surface area contributed by atoms with Crippen LogP contribution < -0.4 is 5.32 Å². The van der Waals surface area contributed by atoms with E-state index in [0.717, 1.165) is 31.5 Å². The van der Waals surface area contributed by atoms with Crippen molar-refractivity contribution < 1.29 is 14.3 Å². The molecule has 7 heteroatoms. The number of hydrogen-bond donors (Lipinski definition) is 1. The highest BCUT2D eigenvalue weighted by molar-refractivity contribution is 5.94. The fourth-order valence-corrected chi connectivity index (χ4v) is 3.26. The van der Waals surface area contributed by atoms with E-state index in [1.54, 1.807) is 6.07 Å². The van der Waals surface area contributed by atoms with Gasteiger partial charge in [-0.05, 0) is 37.4 Å². The van der Waals surface area contributed by atoms with Crippen LogP contribution in [0.25, 0.3) is 0 Å². The summed E-state index contributed by atoms with van der Waals surface area (Å²) in [6.07, 6.45) is 4.65. The van der Waals surface area contributed by atoms with Gasteiger partial charge in [0.25, 0.3) is 5.91 Å². The third-order valence-corrected chi connectivity index (χ3v) is 4.82. The van der Waals surface area contributed by atoms with E-state index in [1.807, 2.05) is 41.2 Å². The van der Waals surface area contributed by atoms with Crippen LogP contribution in [0.3, 0.4) is 0 Å². The molecule has 1 aliphatic heterocycles. The third-order valence-electron chi connectivity index (χ3n) is 4.82. The summed E-state index contributed by atoms with van der Waals surface area (Å²) >= 11 is 0. The molecule has 2 heterocycles. The predicted molar refractivity (Wildman–Crippen MR) is 101 cm³/mol. The van der Waals surface area contributed by atoms with Crippen LogP contribution in [-0.2, 0) is 16.0 Å². The van der Waals surface area contributed by atoms with Crippen LogP contribution >= 0.6 is 0 Å². The van der Waals surface area contributed by atoms with Crippen molar-refractivity contribution in [2.45, 2.75) is 25.3 Å². The highest BCUT2D eigenvalue weighted by Gasteiger charge is 2.23. The number of carbonyl (C=O) groups excluding carboxylic acids is 2. The highest BCUT2D eigenvalue weighted by atomic mass is 16.5. The van der Waals surface area contributed by atoms with Gasteiger partial charge in [-0.25, -0.2) is 0 Å². The van der Waals surface area contributed by atoms with Gasteiger partial charge in [-0.15, -0.1) is 0 Å². The standard InChI is InChI=1S/C20H26N4O3/c1-27-19(25)15-23(12-9-16-6-3-2-4-7-16)20(26)18-10-13-24(22-18)17-8-5-11-21-14-17/h2-4,6-7,10,13,17,21H,5,8-9,11-12,14-15H2,1H3. The molecule has 0 aliphatic carbocycles. The number of benzene rings is 1. The maximum absolute atomic E-state index is 12.9. The minimum Gasteiger partial charge on any atom is -0.468 e. The summed E-state index contributed by atoms with van der Waals surface area (Å²) in [5.74, 6) is -0.689. The van der Waals surface area contributed by atoms with Crippen LogP contribution in [0.5, 0.6) is 0 Å². The Morgan fingerprint density at radius 2 is 2.11 bits per heavy atom. The molecule has 7 nitrogen and oxygen atoms in total. The number of methoxy groups -OCH3 is 1. The lowest BCUT2D eigenvalue weighted by Gasteiger charge is -2.23. The first kappa shape index (κ1) is 19.1. The molecule has 27 heavy (non-hydrogen) atoms. The number of carbonyl (C=O) groups is 2. The average Bonchev–Trinajstić information content (AvgIpc) is 3.22. The molecule has 1 atom stereocenters. The molecule has 1 aromatic heterocycles. The van der Waals surface area contributed by atoms with Crippen LogP contribution in [0.1, 0.15) is 34.9 Å². The second-order valence-corrected chi connectivity index (χ2v) is 6.72. The lowest BCUT2D eigenvalue weighted by atomic mass is 10.1. The molecule has 0 spiro atoms. The SMILES string of the molecule is COC(=O)CN(CCc1ccccc1)C(=O)c1ccn(C2CCCNC2)n1. The number of rotatable bonds is 7. The van der Waals surface area contributed by atoms with Crippen molar-refractivity contribution in [3.05, 3.63) is 53.9 Å². The minimum atomic E-state index is -0.438. The maximum Gasteiger partial charge on any atom is 0.325 e. The van der Waals surface area contributed by atoms with E-state index in [2.05, 4.69) is 10.4 Å². The van der Waals surface area contributed by atoms with Gasteiger partial charge in [-0.3, -0.25) is 14.3 Å². The molecule has 3 rings (SSSR count). The summed E-state index contributed by atoms with van der Waals surface area (Å²) in [7, 11) is 1.33. The third kappa shape index (κ3) is 5.17. The lowest BCUT2D eigenvalue weighted by molar-refractivity contribution is -0.141. The zero-order valence-corrected chi connectivity index (χ0v) is 15.6. The van der Waals surface area contributed by atoms with Crippen LogP contribution in [0.15, 0.2) is 42.6 Å². The molecule has 1 fully saturated rings. The molecule has 0 radical (unpaired) electrons. The zero-order valence-electron chi connectivity index (χ0n) is 15.6. The smallest absolute Gasteiger partial charge is 0.325 e. The molecule has 0 saturated carbocycles. The summed E-state index contributed by atoms with van der Waals surface area (Å²) in [6.45, 7) is 2.22. The van der Waals surface area contributed by atoms with E-state index in [-0.39, 0.29) is 18.5 Å². The van der Waals surface area contributed by atoms with Gasteiger partial charge in [0.15, 0.2) is 0 Å². The van der Waals surface area contributed by atoms with Crippen molar-refractivity contribution in [2.75, 3.05) is 33.3 Å². The summed E-state index contributed by atoms with van der Waals surface area (Å²) in [6, 6.07) is 11.9. The molecule has 144 valence electrons. The second kappa shape index (κ2) is 9.32. The van der Waals surface area contributed by atoms with E-state index >= 15 is 0 Å². The Morgan fingerprint density at radius 1 is 1.30 bits per heavy atom. The monoisotopic (exact) mass is 370 g/mol. The Bertz CT molecular complexity index is 754. The number of aromatic nitrogens is 2. The van der Waals surface area contributed by atoms with E-state index < -0.39 is 5.97 Å². The summed E-state index contributed by atoms with van der Waals surface area (Å²) in [5, 5.41) is 7.83. The van der Waals surface area contributed by atoms with Crippen LogP contribution in [0.2, 0.25) is 0 Å². The van der Waals surface area contributed by atoms with Gasteiger partial charge in [0, 0.05) is 19.3 Å². The number of nitrogens with zero attached hydrogens (tertiary/aromatic N) is 3. The molecule has 1 aromatic carbocycles. The lowest BCUT2D eigenvalue weighted by Crippen LogP contribution is -2.38. The van der Waals surface area contributed by atoms with E-state index in [4.69, 9.17) is 4.74 Å². The van der Waals surface area contributed by atoms with E-state index in [1.165, 1.54) is 12.0 Å². The van der Waals surface area contributed by atoms with Crippen molar-refractivity contribution in [3.8, 4) is 0 Å². The Morgan fingerprint density at radius 3 is 2.81 bits per heavy atom.